The summed E-state index contributed by atoms with van der Waals surface area (Å²) in [6, 6.07) is 1.39. The molecule has 90 valence electrons. The minimum Gasteiger partial charge on any atom is -0.403 e. The second-order valence-electron chi connectivity index (χ2n) is 2.66. The summed E-state index contributed by atoms with van der Waals surface area (Å²) in [5.41, 5.74) is -1.81. The van der Waals surface area contributed by atoms with Gasteiger partial charge in [0.2, 0.25) is 0 Å². The highest BCUT2D eigenvalue weighted by Crippen LogP contribution is 2.36. The number of rotatable bonds is 1. The summed E-state index contributed by atoms with van der Waals surface area (Å²) in [5, 5.41) is 0. The van der Waals surface area contributed by atoms with Gasteiger partial charge in [-0.2, -0.15) is 13.2 Å². The Morgan fingerprint density at radius 2 is 1.50 bits per heavy atom. The molecule has 0 aliphatic carbocycles. The highest BCUT2D eigenvalue weighted by molar-refractivity contribution is 5.32. The summed E-state index contributed by atoms with van der Waals surface area (Å²) in [4.78, 5) is 0. The van der Waals surface area contributed by atoms with Crippen molar-refractivity contribution in [2.75, 3.05) is 0 Å². The first kappa shape index (κ1) is 12.6. The normalized spacial score (nSPS) is 12.7. The van der Waals surface area contributed by atoms with Crippen LogP contribution in [-0.4, -0.2) is 6.36 Å². The highest BCUT2D eigenvalue weighted by atomic mass is 19.4. The van der Waals surface area contributed by atoms with Crippen LogP contribution in [0.1, 0.15) is 5.56 Å². The second kappa shape index (κ2) is 3.84. The van der Waals surface area contributed by atoms with Crippen LogP contribution in [0.15, 0.2) is 18.2 Å². The van der Waals surface area contributed by atoms with Gasteiger partial charge in [0.25, 0.3) is 0 Å². The lowest BCUT2D eigenvalue weighted by Gasteiger charge is -2.13. The Morgan fingerprint density at radius 3 is 1.94 bits per heavy atom. The van der Waals surface area contributed by atoms with Crippen molar-refractivity contribution in [2.24, 2.45) is 0 Å². The summed E-state index contributed by atoms with van der Waals surface area (Å²) in [6.07, 6.45) is -10.3. The third-order valence-corrected chi connectivity index (χ3v) is 1.49. The molecule has 0 aromatic heterocycles. The molecule has 0 aliphatic heterocycles. The van der Waals surface area contributed by atoms with Crippen LogP contribution < -0.4 is 4.74 Å². The van der Waals surface area contributed by atoms with Crippen LogP contribution in [0.4, 0.5) is 30.7 Å². The highest BCUT2D eigenvalue weighted by Gasteiger charge is 2.38. The molecule has 0 atom stereocenters. The van der Waals surface area contributed by atoms with Crippen molar-refractivity contribution in [3.05, 3.63) is 29.6 Å². The van der Waals surface area contributed by atoms with Gasteiger partial charge < -0.3 is 4.74 Å². The van der Waals surface area contributed by atoms with Gasteiger partial charge in [0, 0.05) is 0 Å². The molecule has 0 bridgehead atoms. The molecule has 0 aliphatic rings. The molecule has 0 fully saturated rings. The molecule has 16 heavy (non-hydrogen) atoms. The fourth-order valence-electron chi connectivity index (χ4n) is 0.933. The lowest BCUT2D eigenvalue weighted by atomic mass is 10.2. The zero-order chi connectivity index (χ0) is 12.6. The van der Waals surface area contributed by atoms with E-state index in [4.69, 9.17) is 0 Å². The molecule has 0 saturated carbocycles. The van der Waals surface area contributed by atoms with E-state index in [9.17, 15) is 30.7 Å². The van der Waals surface area contributed by atoms with Gasteiger partial charge in [0.15, 0.2) is 11.6 Å². The van der Waals surface area contributed by atoms with Gasteiger partial charge in [0.05, 0.1) is 5.56 Å². The molecule has 1 aromatic rings. The molecular weight excluding hydrogens is 245 g/mol. The second-order valence-corrected chi connectivity index (χ2v) is 2.66. The van der Waals surface area contributed by atoms with Gasteiger partial charge in [-0.3, -0.25) is 0 Å². The smallest absolute Gasteiger partial charge is 0.403 e. The van der Waals surface area contributed by atoms with Crippen molar-refractivity contribution >= 4 is 0 Å². The maximum atomic E-state index is 13.0. The summed E-state index contributed by atoms with van der Waals surface area (Å²) in [5.74, 6) is -3.60. The predicted octanol–water partition coefficient (Wildman–Crippen LogP) is 3.74. The van der Waals surface area contributed by atoms with Gasteiger partial charge in [-0.05, 0) is 12.1 Å². The summed E-state index contributed by atoms with van der Waals surface area (Å²) in [6.45, 7) is 0. The topological polar surface area (TPSA) is 9.23 Å². The zero-order valence-corrected chi connectivity index (χ0v) is 7.29. The van der Waals surface area contributed by atoms with Crippen molar-refractivity contribution in [1.82, 2.24) is 0 Å². The van der Waals surface area contributed by atoms with Gasteiger partial charge >= 0.3 is 12.5 Å². The molecule has 0 N–H and O–H groups in total. The monoisotopic (exact) mass is 248 g/mol. The van der Waals surface area contributed by atoms with Crippen molar-refractivity contribution in [3.8, 4) is 5.75 Å². The molecular formula is C8H3F7O. The number of benzene rings is 1. The first-order chi connectivity index (χ1) is 7.11. The zero-order valence-electron chi connectivity index (χ0n) is 7.29. The first-order valence-electron chi connectivity index (χ1n) is 3.73. The fraction of sp³-hybridized carbons (Fsp3) is 0.250. The maximum absolute atomic E-state index is 13.0. The maximum Gasteiger partial charge on any atom is 0.573 e. The van der Waals surface area contributed by atoms with Crippen LogP contribution in [0.2, 0.25) is 0 Å². The largest absolute Gasteiger partial charge is 0.573 e. The van der Waals surface area contributed by atoms with Crippen LogP contribution in [0, 0.1) is 5.82 Å². The standard InChI is InChI=1S/C8H3F7O/c9-6-4(7(10,11)12)2-1-3-5(6)16-8(13,14)15/h1-3H. The van der Waals surface area contributed by atoms with Crippen LogP contribution in [-0.2, 0) is 6.18 Å². The molecule has 0 heterocycles. The molecule has 0 spiro atoms. The molecule has 0 amide bonds. The van der Waals surface area contributed by atoms with E-state index in [0.29, 0.717) is 18.2 Å². The van der Waals surface area contributed by atoms with Crippen molar-refractivity contribution < 1.29 is 35.5 Å². The van der Waals surface area contributed by atoms with Gasteiger partial charge in [0.1, 0.15) is 0 Å². The van der Waals surface area contributed by atoms with Crippen LogP contribution in [0.5, 0.6) is 5.75 Å². The van der Waals surface area contributed by atoms with E-state index in [1.54, 1.807) is 0 Å². The fourth-order valence-corrected chi connectivity index (χ4v) is 0.933. The van der Waals surface area contributed by atoms with Crippen LogP contribution in [0.25, 0.3) is 0 Å². The van der Waals surface area contributed by atoms with Crippen molar-refractivity contribution in [3.63, 3.8) is 0 Å². The molecule has 1 nitrogen and oxygen atoms in total. The molecule has 8 heteroatoms. The number of ether oxygens (including phenoxy) is 1. The van der Waals surface area contributed by atoms with E-state index >= 15 is 0 Å². The Hall–Kier alpha value is -1.47. The van der Waals surface area contributed by atoms with Gasteiger partial charge in [-0.1, -0.05) is 6.07 Å². The van der Waals surface area contributed by atoms with E-state index < -0.39 is 29.7 Å². The summed E-state index contributed by atoms with van der Waals surface area (Å²) < 4.78 is 87.3. The van der Waals surface area contributed by atoms with E-state index in [2.05, 4.69) is 4.74 Å². The number of hydrogen-bond donors (Lipinski definition) is 0. The van der Waals surface area contributed by atoms with E-state index in [-0.39, 0.29) is 0 Å². The SMILES string of the molecule is Fc1c(OC(F)(F)F)cccc1C(F)(F)F. The quantitative estimate of drug-likeness (QED) is 0.688. The average molecular weight is 248 g/mol. The van der Waals surface area contributed by atoms with Crippen molar-refractivity contribution in [1.29, 1.82) is 0 Å². The third-order valence-electron chi connectivity index (χ3n) is 1.49. The Labute approximate surface area is 84.4 Å². The molecule has 1 rings (SSSR count). The Kier molecular flexibility index (Phi) is 3.02. The van der Waals surface area contributed by atoms with Gasteiger partial charge in [-0.25, -0.2) is 4.39 Å². The van der Waals surface area contributed by atoms with E-state index in [1.165, 1.54) is 0 Å². The number of hydrogen-bond acceptors (Lipinski definition) is 1. The molecule has 0 unspecified atom stereocenters. The van der Waals surface area contributed by atoms with Gasteiger partial charge in [-0.15, -0.1) is 13.2 Å². The molecule has 0 saturated heterocycles. The summed E-state index contributed by atoms with van der Waals surface area (Å²) in [7, 11) is 0. The predicted molar refractivity (Wildman–Crippen MR) is 38.1 cm³/mol. The Bertz CT molecular complexity index is 379. The molecule has 1 aromatic carbocycles. The lowest BCUT2D eigenvalue weighted by Crippen LogP contribution is -2.19. The van der Waals surface area contributed by atoms with Crippen LogP contribution >= 0.6 is 0 Å². The minimum atomic E-state index is -5.24. The summed E-state index contributed by atoms with van der Waals surface area (Å²) >= 11 is 0. The number of halogens is 7. The van der Waals surface area contributed by atoms with Crippen LogP contribution in [0.3, 0.4) is 0 Å². The Morgan fingerprint density at radius 1 is 0.938 bits per heavy atom. The number of alkyl halides is 6. The Balaban J connectivity index is 3.15. The van der Waals surface area contributed by atoms with E-state index in [1.807, 2.05) is 0 Å². The lowest BCUT2D eigenvalue weighted by molar-refractivity contribution is -0.275. The minimum absolute atomic E-state index is 0.318. The van der Waals surface area contributed by atoms with E-state index in [0.717, 1.165) is 0 Å². The first-order valence-corrected chi connectivity index (χ1v) is 3.73. The third kappa shape index (κ3) is 3.01. The molecule has 0 radical (unpaired) electrons. The average Bonchev–Trinajstić information content (AvgIpc) is 2.04. The van der Waals surface area contributed by atoms with Crippen molar-refractivity contribution in [2.45, 2.75) is 12.5 Å².